The fraction of sp³-hybridized carbons (Fsp3) is 0.947. The molecule has 1 unspecified atom stereocenters. The maximum atomic E-state index is 11.9. The van der Waals surface area contributed by atoms with Crippen LogP contribution in [0.2, 0.25) is 0 Å². The number of ether oxygens (including phenoxy) is 1. The van der Waals surface area contributed by atoms with E-state index in [2.05, 4.69) is 13.8 Å². The predicted octanol–water partition coefficient (Wildman–Crippen LogP) is 6.03. The van der Waals surface area contributed by atoms with Gasteiger partial charge < -0.3 is 4.74 Å². The van der Waals surface area contributed by atoms with Crippen molar-refractivity contribution < 1.29 is 9.53 Å². The van der Waals surface area contributed by atoms with Gasteiger partial charge in [0.2, 0.25) is 0 Å². The largest absolute Gasteiger partial charge is 0.462 e. The molecular formula is C19H36O2. The molecule has 124 valence electrons. The Hall–Kier alpha value is -0.530. The van der Waals surface area contributed by atoms with Crippen LogP contribution in [-0.4, -0.2) is 12.1 Å². The summed E-state index contributed by atoms with van der Waals surface area (Å²) in [7, 11) is 0. The predicted molar refractivity (Wildman–Crippen MR) is 89.4 cm³/mol. The van der Waals surface area contributed by atoms with Gasteiger partial charge in [-0.2, -0.15) is 0 Å². The van der Waals surface area contributed by atoms with E-state index in [0.29, 0.717) is 12.3 Å². The molecule has 1 rings (SSSR count). The highest BCUT2D eigenvalue weighted by Gasteiger charge is 2.17. The van der Waals surface area contributed by atoms with Crippen LogP contribution < -0.4 is 0 Å². The Kier molecular flexibility index (Phi) is 10.6. The molecule has 21 heavy (non-hydrogen) atoms. The molecule has 0 saturated heterocycles. The summed E-state index contributed by atoms with van der Waals surface area (Å²) in [6, 6.07) is 0. The van der Waals surface area contributed by atoms with Gasteiger partial charge in [0.1, 0.15) is 6.10 Å². The summed E-state index contributed by atoms with van der Waals surface area (Å²) >= 11 is 0. The van der Waals surface area contributed by atoms with Crippen LogP contribution in [0, 0.1) is 5.92 Å². The summed E-state index contributed by atoms with van der Waals surface area (Å²) in [5.74, 6) is 0.702. The van der Waals surface area contributed by atoms with E-state index in [1.807, 2.05) is 0 Å². The monoisotopic (exact) mass is 296 g/mol. The van der Waals surface area contributed by atoms with E-state index in [9.17, 15) is 4.79 Å². The van der Waals surface area contributed by atoms with E-state index in [-0.39, 0.29) is 12.1 Å². The number of unbranched alkanes of at least 4 members (excludes halogenated alkanes) is 4. The number of carbonyl (C=O) groups is 1. The molecule has 1 aliphatic carbocycles. The van der Waals surface area contributed by atoms with Gasteiger partial charge in [-0.1, -0.05) is 65.2 Å². The SMILES string of the molecule is CCCCCCCC(C)CCC(=O)OC1CCCCCC1. The number of esters is 1. The van der Waals surface area contributed by atoms with Gasteiger partial charge in [0, 0.05) is 6.42 Å². The molecule has 0 N–H and O–H groups in total. The van der Waals surface area contributed by atoms with Crippen molar-refractivity contribution in [3.05, 3.63) is 0 Å². The molecule has 0 heterocycles. The van der Waals surface area contributed by atoms with Crippen LogP contribution in [0.1, 0.15) is 104 Å². The average molecular weight is 296 g/mol. The van der Waals surface area contributed by atoms with Crippen LogP contribution in [0.25, 0.3) is 0 Å². The summed E-state index contributed by atoms with van der Waals surface area (Å²) in [6.07, 6.45) is 17.0. The zero-order valence-electron chi connectivity index (χ0n) is 14.4. The van der Waals surface area contributed by atoms with E-state index in [0.717, 1.165) is 19.3 Å². The lowest BCUT2D eigenvalue weighted by Gasteiger charge is -2.16. The Morgan fingerprint density at radius 1 is 1.00 bits per heavy atom. The third kappa shape index (κ3) is 9.92. The molecule has 0 aromatic carbocycles. The first kappa shape index (κ1) is 18.5. The van der Waals surface area contributed by atoms with Crippen molar-refractivity contribution >= 4 is 5.97 Å². The number of hydrogen-bond acceptors (Lipinski definition) is 2. The standard InChI is InChI=1S/C19H36O2/c1-3-4-5-6-9-12-17(2)15-16-19(20)21-18-13-10-7-8-11-14-18/h17-18H,3-16H2,1-2H3. The second kappa shape index (κ2) is 12.1. The molecular weight excluding hydrogens is 260 g/mol. The number of hydrogen-bond donors (Lipinski definition) is 0. The highest BCUT2D eigenvalue weighted by molar-refractivity contribution is 5.69. The number of carbonyl (C=O) groups excluding carboxylic acids is 1. The van der Waals surface area contributed by atoms with Crippen molar-refractivity contribution in [3.8, 4) is 0 Å². The zero-order chi connectivity index (χ0) is 15.3. The fourth-order valence-corrected chi connectivity index (χ4v) is 3.21. The minimum absolute atomic E-state index is 0.0414. The lowest BCUT2D eigenvalue weighted by Crippen LogP contribution is -2.17. The van der Waals surface area contributed by atoms with Gasteiger partial charge in [0.15, 0.2) is 0 Å². The molecule has 0 radical (unpaired) electrons. The van der Waals surface area contributed by atoms with Crippen molar-refractivity contribution in [1.29, 1.82) is 0 Å². The second-order valence-corrected chi connectivity index (χ2v) is 6.95. The first-order valence-corrected chi connectivity index (χ1v) is 9.41. The molecule has 0 aromatic rings. The third-order valence-electron chi connectivity index (χ3n) is 4.74. The van der Waals surface area contributed by atoms with E-state index in [1.165, 1.54) is 64.2 Å². The van der Waals surface area contributed by atoms with Gasteiger partial charge in [-0.25, -0.2) is 0 Å². The Bertz CT molecular complexity index is 254. The first-order chi connectivity index (χ1) is 10.2. The lowest BCUT2D eigenvalue weighted by molar-refractivity contribution is -0.150. The molecule has 0 aromatic heterocycles. The normalized spacial score (nSPS) is 18.2. The zero-order valence-corrected chi connectivity index (χ0v) is 14.4. The van der Waals surface area contributed by atoms with E-state index < -0.39 is 0 Å². The molecule has 2 heteroatoms. The van der Waals surface area contributed by atoms with Gasteiger partial charge in [-0.05, 0) is 38.0 Å². The summed E-state index contributed by atoms with van der Waals surface area (Å²) in [4.78, 5) is 11.9. The van der Waals surface area contributed by atoms with Crippen molar-refractivity contribution in [2.24, 2.45) is 5.92 Å². The molecule has 0 amide bonds. The molecule has 0 aliphatic heterocycles. The minimum atomic E-state index is 0.0414. The van der Waals surface area contributed by atoms with Crippen LogP contribution in [-0.2, 0) is 9.53 Å². The Balaban J connectivity index is 2.03. The van der Waals surface area contributed by atoms with Gasteiger partial charge in [-0.15, -0.1) is 0 Å². The van der Waals surface area contributed by atoms with Crippen molar-refractivity contribution in [3.63, 3.8) is 0 Å². The van der Waals surface area contributed by atoms with Crippen LogP contribution in [0.3, 0.4) is 0 Å². The van der Waals surface area contributed by atoms with E-state index in [4.69, 9.17) is 4.74 Å². The maximum absolute atomic E-state index is 11.9. The van der Waals surface area contributed by atoms with Crippen LogP contribution in [0.5, 0.6) is 0 Å². The van der Waals surface area contributed by atoms with Crippen molar-refractivity contribution in [2.75, 3.05) is 0 Å². The topological polar surface area (TPSA) is 26.3 Å². The summed E-state index contributed by atoms with van der Waals surface area (Å²) in [6.45, 7) is 4.53. The summed E-state index contributed by atoms with van der Waals surface area (Å²) < 4.78 is 5.64. The number of rotatable bonds is 10. The quantitative estimate of drug-likeness (QED) is 0.279. The molecule has 2 nitrogen and oxygen atoms in total. The smallest absolute Gasteiger partial charge is 0.306 e. The third-order valence-corrected chi connectivity index (χ3v) is 4.74. The molecule has 1 atom stereocenters. The van der Waals surface area contributed by atoms with Crippen LogP contribution in [0.4, 0.5) is 0 Å². The minimum Gasteiger partial charge on any atom is -0.462 e. The molecule has 1 saturated carbocycles. The fourth-order valence-electron chi connectivity index (χ4n) is 3.21. The molecule has 0 spiro atoms. The van der Waals surface area contributed by atoms with E-state index in [1.54, 1.807) is 0 Å². The molecule has 1 fully saturated rings. The van der Waals surface area contributed by atoms with Gasteiger partial charge in [-0.3, -0.25) is 4.79 Å². The summed E-state index contributed by atoms with van der Waals surface area (Å²) in [5, 5.41) is 0. The van der Waals surface area contributed by atoms with Crippen molar-refractivity contribution in [2.45, 2.75) is 110 Å². The van der Waals surface area contributed by atoms with Crippen LogP contribution in [0.15, 0.2) is 0 Å². The Labute approximate surface area is 132 Å². The van der Waals surface area contributed by atoms with Gasteiger partial charge in [0.25, 0.3) is 0 Å². The first-order valence-electron chi connectivity index (χ1n) is 9.41. The van der Waals surface area contributed by atoms with E-state index >= 15 is 0 Å². The maximum Gasteiger partial charge on any atom is 0.306 e. The van der Waals surface area contributed by atoms with Crippen molar-refractivity contribution in [1.82, 2.24) is 0 Å². The summed E-state index contributed by atoms with van der Waals surface area (Å²) in [5.41, 5.74) is 0. The second-order valence-electron chi connectivity index (χ2n) is 6.95. The molecule has 1 aliphatic rings. The lowest BCUT2D eigenvalue weighted by atomic mass is 9.98. The Morgan fingerprint density at radius 2 is 1.67 bits per heavy atom. The molecule has 0 bridgehead atoms. The Morgan fingerprint density at radius 3 is 2.33 bits per heavy atom. The van der Waals surface area contributed by atoms with Gasteiger partial charge in [0.05, 0.1) is 0 Å². The van der Waals surface area contributed by atoms with Crippen LogP contribution >= 0.6 is 0 Å². The van der Waals surface area contributed by atoms with Gasteiger partial charge >= 0.3 is 5.97 Å². The highest BCUT2D eigenvalue weighted by Crippen LogP contribution is 2.21. The average Bonchev–Trinajstić information content (AvgIpc) is 2.73. The highest BCUT2D eigenvalue weighted by atomic mass is 16.5.